The maximum atomic E-state index is 13.7. The van der Waals surface area contributed by atoms with Crippen molar-refractivity contribution in [3.8, 4) is 0 Å². The van der Waals surface area contributed by atoms with Gasteiger partial charge < -0.3 is 9.47 Å². The molecule has 0 amide bonds. The normalized spacial score (nSPS) is 28.2. The first-order valence-electron chi connectivity index (χ1n) is 10.7. The highest BCUT2D eigenvalue weighted by atomic mass is 79.9. The van der Waals surface area contributed by atoms with Gasteiger partial charge in [0, 0.05) is 36.5 Å². The molecule has 31 heavy (non-hydrogen) atoms. The van der Waals surface area contributed by atoms with E-state index < -0.39 is 10.0 Å². The maximum Gasteiger partial charge on any atom is 0.243 e. The number of hydrogen-bond acceptors (Lipinski definition) is 4. The predicted molar refractivity (Wildman–Crippen MR) is 125 cm³/mol. The molecule has 4 atom stereocenters. The van der Waals surface area contributed by atoms with Crippen molar-refractivity contribution in [1.82, 2.24) is 4.31 Å². The van der Waals surface area contributed by atoms with E-state index in [0.29, 0.717) is 23.2 Å². The van der Waals surface area contributed by atoms with Crippen LogP contribution in [0.3, 0.4) is 0 Å². The third-order valence-corrected chi connectivity index (χ3v) is 9.04. The number of benzene rings is 1. The Morgan fingerprint density at radius 2 is 1.90 bits per heavy atom. The van der Waals surface area contributed by atoms with Crippen LogP contribution in [0, 0.1) is 11.8 Å². The van der Waals surface area contributed by atoms with E-state index in [1.54, 1.807) is 42.8 Å². The molecule has 3 aliphatic rings. The fourth-order valence-corrected chi connectivity index (χ4v) is 7.76. The fraction of sp³-hybridized carbons (Fsp3) is 0.500. The first-order chi connectivity index (χ1) is 14.9. The number of methoxy groups -OCH3 is 2. The second-order valence-electron chi connectivity index (χ2n) is 8.47. The van der Waals surface area contributed by atoms with Gasteiger partial charge in [-0.1, -0.05) is 51.9 Å². The molecular formula is C24H30BrNO4S. The van der Waals surface area contributed by atoms with Crippen molar-refractivity contribution in [1.29, 1.82) is 0 Å². The number of alkyl halides is 1. The van der Waals surface area contributed by atoms with Crippen molar-refractivity contribution >= 4 is 26.0 Å². The molecule has 0 aromatic heterocycles. The number of halogens is 1. The van der Waals surface area contributed by atoms with Crippen molar-refractivity contribution < 1.29 is 17.9 Å². The molecule has 1 saturated carbocycles. The minimum Gasteiger partial charge on any atom is -0.498 e. The molecule has 0 bridgehead atoms. The fourth-order valence-electron chi connectivity index (χ4n) is 5.45. The van der Waals surface area contributed by atoms with Crippen molar-refractivity contribution in [3.63, 3.8) is 0 Å². The van der Waals surface area contributed by atoms with Crippen molar-refractivity contribution in [2.75, 3.05) is 26.1 Å². The van der Waals surface area contributed by atoms with Crippen LogP contribution in [-0.2, 0) is 19.5 Å². The Morgan fingerprint density at radius 1 is 1.16 bits per heavy atom. The summed E-state index contributed by atoms with van der Waals surface area (Å²) >= 11 is 3.49. The van der Waals surface area contributed by atoms with Gasteiger partial charge in [0.2, 0.25) is 10.0 Å². The number of nitrogens with zero attached hydrogens (tertiary/aromatic N) is 1. The van der Waals surface area contributed by atoms with Crippen LogP contribution in [0.15, 0.2) is 69.9 Å². The molecule has 7 heteroatoms. The summed E-state index contributed by atoms with van der Waals surface area (Å²) in [5.41, 5.74) is 3.71. The Balaban J connectivity index is 1.78. The summed E-state index contributed by atoms with van der Waals surface area (Å²) in [5.74, 6) is 1.23. The number of hydrogen-bond donors (Lipinski definition) is 0. The maximum absolute atomic E-state index is 13.7. The molecule has 5 nitrogen and oxygen atoms in total. The van der Waals surface area contributed by atoms with Crippen molar-refractivity contribution in [2.24, 2.45) is 11.8 Å². The second-order valence-corrected chi connectivity index (χ2v) is 11.2. The van der Waals surface area contributed by atoms with Gasteiger partial charge in [0.05, 0.1) is 12.0 Å². The van der Waals surface area contributed by atoms with Crippen LogP contribution in [0.2, 0.25) is 0 Å². The monoisotopic (exact) mass is 507 g/mol. The number of allylic oxidation sites excluding steroid dienone is 3. The Morgan fingerprint density at radius 3 is 2.55 bits per heavy atom. The predicted octanol–water partition coefficient (Wildman–Crippen LogP) is 4.67. The highest BCUT2D eigenvalue weighted by Gasteiger charge is 2.48. The molecule has 0 aliphatic heterocycles. The van der Waals surface area contributed by atoms with E-state index >= 15 is 0 Å². The van der Waals surface area contributed by atoms with Gasteiger partial charge in [-0.05, 0) is 49.8 Å². The van der Waals surface area contributed by atoms with E-state index in [2.05, 4.69) is 35.0 Å². The van der Waals surface area contributed by atoms with Crippen molar-refractivity contribution in [3.05, 3.63) is 65.0 Å². The summed E-state index contributed by atoms with van der Waals surface area (Å²) in [7, 11) is -0.187. The van der Waals surface area contributed by atoms with E-state index in [1.165, 1.54) is 16.7 Å². The third-order valence-electron chi connectivity index (χ3n) is 6.75. The first-order valence-corrected chi connectivity index (χ1v) is 13.3. The lowest BCUT2D eigenvalue weighted by molar-refractivity contribution is 0.0721. The molecule has 0 heterocycles. The lowest BCUT2D eigenvalue weighted by Gasteiger charge is -2.44. The van der Waals surface area contributed by atoms with E-state index in [0.717, 1.165) is 18.6 Å². The highest BCUT2D eigenvalue weighted by molar-refractivity contribution is 9.09. The Bertz CT molecular complexity index is 1020. The Labute approximate surface area is 194 Å². The summed E-state index contributed by atoms with van der Waals surface area (Å²) in [6.07, 6.45) is 6.78. The molecule has 3 aliphatic carbocycles. The summed E-state index contributed by atoms with van der Waals surface area (Å²) < 4.78 is 40.6. The number of sulfonamides is 1. The lowest BCUT2D eigenvalue weighted by Crippen LogP contribution is -2.49. The van der Waals surface area contributed by atoms with Crippen LogP contribution in [0.4, 0.5) is 0 Å². The first kappa shape index (κ1) is 22.8. The quantitative estimate of drug-likeness (QED) is 0.397. The molecule has 168 valence electrons. The molecule has 0 N–H and O–H groups in total. The molecule has 1 fully saturated rings. The molecular weight excluding hydrogens is 478 g/mol. The van der Waals surface area contributed by atoms with Gasteiger partial charge in [-0.2, -0.15) is 4.31 Å². The average Bonchev–Trinajstić information content (AvgIpc) is 3.18. The van der Waals surface area contributed by atoms with Crippen molar-refractivity contribution in [2.45, 2.75) is 43.2 Å². The van der Waals surface area contributed by atoms with E-state index in [4.69, 9.17) is 9.47 Å². The third kappa shape index (κ3) is 4.06. The molecule has 0 spiro atoms. The van der Waals surface area contributed by atoms with Crippen LogP contribution >= 0.6 is 15.9 Å². The Hall–Kier alpha value is -1.41. The zero-order valence-electron chi connectivity index (χ0n) is 18.3. The minimum absolute atomic E-state index is 0.0815. The number of rotatable bonds is 7. The largest absolute Gasteiger partial charge is 0.498 e. The van der Waals surface area contributed by atoms with Gasteiger partial charge in [-0.3, -0.25) is 0 Å². The van der Waals surface area contributed by atoms with Gasteiger partial charge in [0.25, 0.3) is 0 Å². The second kappa shape index (κ2) is 9.22. The zero-order valence-corrected chi connectivity index (χ0v) is 20.7. The SMILES string of the molecule is COC1=C2C(=CCC1OC)C[C@@H](N(CCBr)S(=O)(=O)c1ccccc1)[C@@H]1CC(C)=C[C@H]21. The molecule has 1 aromatic rings. The molecule has 1 aromatic carbocycles. The van der Waals surface area contributed by atoms with Crippen LogP contribution in [-0.4, -0.2) is 51.0 Å². The number of ether oxygens (including phenoxy) is 2. The van der Waals surface area contributed by atoms with Crippen LogP contribution in [0.5, 0.6) is 0 Å². The van der Waals surface area contributed by atoms with Gasteiger partial charge in [-0.25, -0.2) is 8.42 Å². The lowest BCUT2D eigenvalue weighted by atomic mass is 9.69. The van der Waals surface area contributed by atoms with E-state index in [1.807, 2.05) is 6.07 Å². The molecule has 0 radical (unpaired) electrons. The topological polar surface area (TPSA) is 55.8 Å². The van der Waals surface area contributed by atoms with E-state index in [-0.39, 0.29) is 24.0 Å². The summed E-state index contributed by atoms with van der Waals surface area (Å²) in [6, 6.07) is 8.68. The number of fused-ring (bicyclic) bond motifs is 3. The zero-order chi connectivity index (χ0) is 22.2. The van der Waals surface area contributed by atoms with Gasteiger partial charge in [-0.15, -0.1) is 0 Å². The van der Waals surface area contributed by atoms with Crippen LogP contribution in [0.25, 0.3) is 0 Å². The smallest absolute Gasteiger partial charge is 0.243 e. The Kier molecular flexibility index (Phi) is 6.77. The van der Waals surface area contributed by atoms with E-state index in [9.17, 15) is 8.42 Å². The summed E-state index contributed by atoms with van der Waals surface area (Å²) in [4.78, 5) is 0.353. The minimum atomic E-state index is -3.61. The summed E-state index contributed by atoms with van der Waals surface area (Å²) in [5, 5.41) is 0.593. The standard InChI is InChI=1S/C24H30BrNO4S/c1-16-13-19-20(14-16)23-17(9-10-22(29-2)24(23)30-3)15-21(19)26(12-11-25)31(27,28)18-7-5-4-6-8-18/h4-9,14,19-22H,10-13,15H2,1-3H3/t19-,20+,21-,22?/m1/s1. The van der Waals surface area contributed by atoms with Crippen LogP contribution in [0.1, 0.15) is 26.2 Å². The van der Waals surface area contributed by atoms with Crippen LogP contribution < -0.4 is 0 Å². The molecule has 1 unspecified atom stereocenters. The molecule has 4 rings (SSSR count). The van der Waals surface area contributed by atoms with Gasteiger partial charge in [0.1, 0.15) is 11.9 Å². The van der Waals surface area contributed by atoms with Gasteiger partial charge >= 0.3 is 0 Å². The highest BCUT2D eigenvalue weighted by Crippen LogP contribution is 2.51. The van der Waals surface area contributed by atoms with Gasteiger partial charge in [0.15, 0.2) is 0 Å². The average molecular weight is 508 g/mol. The summed E-state index contributed by atoms with van der Waals surface area (Å²) in [6.45, 7) is 2.58. The molecule has 0 saturated heterocycles.